The van der Waals surface area contributed by atoms with Crippen LogP contribution in [-0.4, -0.2) is 22.3 Å². The predicted octanol–water partition coefficient (Wildman–Crippen LogP) is 3.25. The number of likely N-dealkylation sites (tertiary alicyclic amines) is 1. The molecule has 1 saturated heterocycles. The molecule has 0 bridgehead atoms. The summed E-state index contributed by atoms with van der Waals surface area (Å²) in [5, 5.41) is 5.02. The fraction of sp³-hybridized carbons (Fsp3) is 0.368. The third kappa shape index (κ3) is 3.22. The van der Waals surface area contributed by atoms with Crippen LogP contribution in [0.5, 0.6) is 0 Å². The van der Waals surface area contributed by atoms with Gasteiger partial charge in [-0.15, -0.1) is 11.3 Å². The molecule has 2 aromatic rings. The highest BCUT2D eigenvalue weighted by atomic mass is 32.1. The van der Waals surface area contributed by atoms with Gasteiger partial charge in [-0.05, 0) is 42.8 Å². The van der Waals surface area contributed by atoms with Crippen molar-refractivity contribution in [2.75, 3.05) is 0 Å². The standard InChI is InChI=1S/C19H22N2O2S/c1-14-9-11-24-16(14)13-21-17(22)8-10-19(21,2)18(23)20-12-15-6-4-3-5-7-15/h3-7,9,11H,8,10,12-13H2,1-2H3,(H,20,23). The summed E-state index contributed by atoms with van der Waals surface area (Å²) >= 11 is 1.64. The van der Waals surface area contributed by atoms with E-state index in [1.54, 1.807) is 16.2 Å². The Bertz CT molecular complexity index is 741. The lowest BCUT2D eigenvalue weighted by Gasteiger charge is -2.34. The van der Waals surface area contributed by atoms with E-state index in [0.717, 1.165) is 10.4 Å². The van der Waals surface area contributed by atoms with E-state index in [0.29, 0.717) is 25.9 Å². The Morgan fingerprint density at radius 2 is 2.04 bits per heavy atom. The van der Waals surface area contributed by atoms with Crippen LogP contribution < -0.4 is 5.32 Å². The van der Waals surface area contributed by atoms with E-state index in [2.05, 4.69) is 5.32 Å². The molecule has 1 fully saturated rings. The first-order valence-corrected chi connectivity index (χ1v) is 9.04. The fourth-order valence-corrected chi connectivity index (χ4v) is 3.97. The Labute approximate surface area is 146 Å². The molecule has 2 heterocycles. The van der Waals surface area contributed by atoms with E-state index in [9.17, 15) is 9.59 Å². The van der Waals surface area contributed by atoms with Gasteiger partial charge in [0, 0.05) is 17.8 Å². The number of benzene rings is 1. The maximum Gasteiger partial charge on any atom is 0.245 e. The number of amides is 2. The van der Waals surface area contributed by atoms with Gasteiger partial charge in [-0.2, -0.15) is 0 Å². The first-order chi connectivity index (χ1) is 11.5. The molecule has 4 nitrogen and oxygen atoms in total. The second-order valence-electron chi connectivity index (χ2n) is 6.45. The van der Waals surface area contributed by atoms with Crippen LogP contribution in [-0.2, 0) is 22.7 Å². The molecule has 1 unspecified atom stereocenters. The summed E-state index contributed by atoms with van der Waals surface area (Å²) in [6.45, 7) is 4.91. The Morgan fingerprint density at radius 3 is 2.71 bits per heavy atom. The number of thiophene rings is 1. The molecular formula is C19H22N2O2S. The maximum absolute atomic E-state index is 12.8. The van der Waals surface area contributed by atoms with Gasteiger partial charge in [0.05, 0.1) is 6.54 Å². The van der Waals surface area contributed by atoms with E-state index in [1.165, 1.54) is 5.56 Å². The average molecular weight is 342 g/mol. The number of hydrogen-bond donors (Lipinski definition) is 1. The molecule has 1 aromatic heterocycles. The summed E-state index contributed by atoms with van der Waals surface area (Å²) in [6.07, 6.45) is 0.997. The maximum atomic E-state index is 12.8. The molecule has 0 saturated carbocycles. The summed E-state index contributed by atoms with van der Waals surface area (Å²) in [5.41, 5.74) is 1.45. The predicted molar refractivity (Wildman–Crippen MR) is 95.5 cm³/mol. The van der Waals surface area contributed by atoms with Gasteiger partial charge < -0.3 is 10.2 Å². The SMILES string of the molecule is Cc1ccsc1CN1C(=O)CCC1(C)C(=O)NCc1ccccc1. The van der Waals surface area contributed by atoms with Crippen molar-refractivity contribution in [1.82, 2.24) is 10.2 Å². The molecule has 1 N–H and O–H groups in total. The highest BCUT2D eigenvalue weighted by Gasteiger charge is 2.47. The van der Waals surface area contributed by atoms with Gasteiger partial charge in [0.25, 0.3) is 0 Å². The van der Waals surface area contributed by atoms with Gasteiger partial charge in [-0.1, -0.05) is 30.3 Å². The van der Waals surface area contributed by atoms with E-state index >= 15 is 0 Å². The zero-order valence-electron chi connectivity index (χ0n) is 14.0. The number of nitrogens with zero attached hydrogens (tertiary/aromatic N) is 1. The average Bonchev–Trinajstić information content (AvgIpc) is 3.12. The van der Waals surface area contributed by atoms with Crippen molar-refractivity contribution >= 4 is 23.2 Å². The Balaban J connectivity index is 1.72. The van der Waals surface area contributed by atoms with Crippen LogP contribution in [0.2, 0.25) is 0 Å². The number of nitrogens with one attached hydrogen (secondary N) is 1. The molecule has 3 rings (SSSR count). The minimum Gasteiger partial charge on any atom is -0.350 e. The van der Waals surface area contributed by atoms with Gasteiger partial charge in [-0.25, -0.2) is 0 Å². The van der Waals surface area contributed by atoms with E-state index < -0.39 is 5.54 Å². The molecule has 24 heavy (non-hydrogen) atoms. The monoisotopic (exact) mass is 342 g/mol. The zero-order valence-corrected chi connectivity index (χ0v) is 14.9. The van der Waals surface area contributed by atoms with Crippen molar-refractivity contribution in [1.29, 1.82) is 0 Å². The third-order valence-electron chi connectivity index (χ3n) is 4.78. The molecule has 1 aliphatic heterocycles. The molecule has 126 valence electrons. The fourth-order valence-electron chi connectivity index (χ4n) is 3.07. The molecule has 0 radical (unpaired) electrons. The van der Waals surface area contributed by atoms with Crippen molar-refractivity contribution in [3.8, 4) is 0 Å². The zero-order chi connectivity index (χ0) is 17.2. The van der Waals surface area contributed by atoms with Gasteiger partial charge in [0.2, 0.25) is 11.8 Å². The van der Waals surface area contributed by atoms with Gasteiger partial charge in [0.1, 0.15) is 5.54 Å². The molecule has 1 aromatic carbocycles. The van der Waals surface area contributed by atoms with E-state index in [4.69, 9.17) is 0 Å². The number of carbonyl (C=O) groups excluding carboxylic acids is 2. The highest BCUT2D eigenvalue weighted by Crippen LogP contribution is 2.33. The largest absolute Gasteiger partial charge is 0.350 e. The lowest BCUT2D eigenvalue weighted by molar-refractivity contribution is -0.141. The molecule has 0 aliphatic carbocycles. The van der Waals surface area contributed by atoms with Crippen molar-refractivity contribution in [3.05, 3.63) is 57.8 Å². The van der Waals surface area contributed by atoms with Crippen molar-refractivity contribution in [3.63, 3.8) is 0 Å². The molecule has 1 aliphatic rings. The Hall–Kier alpha value is -2.14. The van der Waals surface area contributed by atoms with E-state index in [1.807, 2.05) is 55.6 Å². The quantitative estimate of drug-likeness (QED) is 0.907. The van der Waals surface area contributed by atoms with Crippen LogP contribution in [0.3, 0.4) is 0 Å². The number of carbonyl (C=O) groups is 2. The molecule has 2 amide bonds. The molecular weight excluding hydrogens is 320 g/mol. The van der Waals surface area contributed by atoms with Gasteiger partial charge in [-0.3, -0.25) is 9.59 Å². The lowest BCUT2D eigenvalue weighted by Crippen LogP contribution is -2.53. The van der Waals surface area contributed by atoms with Gasteiger partial charge in [0.15, 0.2) is 0 Å². The summed E-state index contributed by atoms with van der Waals surface area (Å²) in [4.78, 5) is 28.1. The molecule has 0 spiro atoms. The number of rotatable bonds is 5. The van der Waals surface area contributed by atoms with Crippen LogP contribution >= 0.6 is 11.3 Å². The smallest absolute Gasteiger partial charge is 0.245 e. The van der Waals surface area contributed by atoms with Gasteiger partial charge >= 0.3 is 0 Å². The second-order valence-corrected chi connectivity index (χ2v) is 7.45. The number of aryl methyl sites for hydroxylation is 1. The first kappa shape index (κ1) is 16.7. The number of hydrogen-bond acceptors (Lipinski definition) is 3. The normalized spacial score (nSPS) is 20.4. The Kier molecular flexibility index (Phi) is 4.71. The van der Waals surface area contributed by atoms with Crippen LogP contribution in [0.4, 0.5) is 0 Å². The molecule has 5 heteroatoms. The third-order valence-corrected chi connectivity index (χ3v) is 5.79. The van der Waals surface area contributed by atoms with Crippen LogP contribution in [0, 0.1) is 6.92 Å². The van der Waals surface area contributed by atoms with Crippen LogP contribution in [0.1, 0.15) is 35.8 Å². The van der Waals surface area contributed by atoms with Crippen LogP contribution in [0.25, 0.3) is 0 Å². The highest BCUT2D eigenvalue weighted by molar-refractivity contribution is 7.10. The van der Waals surface area contributed by atoms with E-state index in [-0.39, 0.29) is 11.8 Å². The van der Waals surface area contributed by atoms with Crippen molar-refractivity contribution < 1.29 is 9.59 Å². The second kappa shape index (κ2) is 6.77. The molecule has 1 atom stereocenters. The minimum atomic E-state index is -0.776. The summed E-state index contributed by atoms with van der Waals surface area (Å²) in [5.74, 6) is -0.0217. The minimum absolute atomic E-state index is 0.0557. The topological polar surface area (TPSA) is 49.4 Å². The van der Waals surface area contributed by atoms with Crippen LogP contribution in [0.15, 0.2) is 41.8 Å². The lowest BCUT2D eigenvalue weighted by atomic mass is 9.97. The summed E-state index contributed by atoms with van der Waals surface area (Å²) < 4.78 is 0. The first-order valence-electron chi connectivity index (χ1n) is 8.16. The van der Waals surface area contributed by atoms with Crippen molar-refractivity contribution in [2.45, 2.75) is 45.3 Å². The summed E-state index contributed by atoms with van der Waals surface area (Å²) in [7, 11) is 0. The Morgan fingerprint density at radius 1 is 1.29 bits per heavy atom. The summed E-state index contributed by atoms with van der Waals surface area (Å²) in [6, 6.07) is 11.9. The van der Waals surface area contributed by atoms with Crippen molar-refractivity contribution in [2.24, 2.45) is 0 Å².